The van der Waals surface area contributed by atoms with Crippen LogP contribution in [0.1, 0.15) is 53.9 Å². The van der Waals surface area contributed by atoms with Gasteiger partial charge < -0.3 is 20.1 Å². The van der Waals surface area contributed by atoms with E-state index >= 15 is 0 Å². The highest BCUT2D eigenvalue weighted by Gasteiger charge is 2.65. The van der Waals surface area contributed by atoms with Crippen molar-refractivity contribution in [2.24, 2.45) is 22.7 Å². The number of rotatable bonds is 3. The molecule has 3 N–H and O–H groups in total. The van der Waals surface area contributed by atoms with Crippen molar-refractivity contribution in [1.29, 1.82) is 0 Å². The topological polar surface area (TPSA) is 104 Å². The molecule has 2 fully saturated rings. The van der Waals surface area contributed by atoms with Crippen LogP contribution in [0.15, 0.2) is 12.2 Å². The predicted molar refractivity (Wildman–Crippen MR) is 91.7 cm³/mol. The van der Waals surface area contributed by atoms with Crippen LogP contribution in [0.25, 0.3) is 0 Å². The lowest BCUT2D eigenvalue weighted by atomic mass is 9.44. The summed E-state index contributed by atoms with van der Waals surface area (Å²) in [5.74, 6) is -2.36. The van der Waals surface area contributed by atoms with Crippen molar-refractivity contribution in [3.8, 4) is 0 Å². The first kappa shape index (κ1) is 19.9. The van der Waals surface area contributed by atoms with Crippen molar-refractivity contribution in [1.82, 2.24) is 0 Å². The summed E-state index contributed by atoms with van der Waals surface area (Å²) in [6, 6.07) is 0. The zero-order chi connectivity index (χ0) is 19.2. The Labute approximate surface area is 148 Å². The molecule has 0 aromatic heterocycles. The molecule has 0 saturated heterocycles. The van der Waals surface area contributed by atoms with Gasteiger partial charge in [-0.15, -0.1) is 0 Å². The number of carboxylic acids is 1. The van der Waals surface area contributed by atoms with Gasteiger partial charge in [0.15, 0.2) is 0 Å². The van der Waals surface area contributed by atoms with Gasteiger partial charge >= 0.3 is 11.9 Å². The molecule has 142 valence electrons. The van der Waals surface area contributed by atoms with E-state index in [9.17, 15) is 19.8 Å². The molecule has 0 aliphatic heterocycles. The van der Waals surface area contributed by atoms with Gasteiger partial charge in [-0.25, -0.2) is 4.79 Å². The molecule has 0 aromatic rings. The van der Waals surface area contributed by atoms with E-state index in [1.54, 1.807) is 0 Å². The van der Waals surface area contributed by atoms with Gasteiger partial charge in [0.2, 0.25) is 0 Å². The summed E-state index contributed by atoms with van der Waals surface area (Å²) in [4.78, 5) is 22.7. The lowest BCUT2D eigenvalue weighted by molar-refractivity contribution is -0.261. The quantitative estimate of drug-likeness (QED) is 0.530. The minimum Gasteiger partial charge on any atom is -0.478 e. The van der Waals surface area contributed by atoms with Crippen molar-refractivity contribution in [3.63, 3.8) is 0 Å². The Hall–Kier alpha value is -1.40. The summed E-state index contributed by atoms with van der Waals surface area (Å²) in [5, 5.41) is 31.0. The lowest BCUT2D eigenvalue weighted by Crippen LogP contribution is -2.70. The minimum atomic E-state index is -1.61. The first-order valence-corrected chi connectivity index (χ1v) is 8.83. The standard InChI is InChI=1S/C19H30O6/c1-11(20)25-14-15-17(2,3)9-6-10-18(15,4)12(7-8-13(21)22)19(5,24)16(14)23/h7-8,12,14-16,23-24H,6,9-10H2,1-5H3,(H,21,22)/b8-7+/t12-,14+,15-,16+,18+,19-/m1/s1. The van der Waals surface area contributed by atoms with Crippen molar-refractivity contribution in [2.45, 2.75) is 71.7 Å². The molecule has 6 heteroatoms. The number of hydrogen-bond acceptors (Lipinski definition) is 5. The molecule has 0 spiro atoms. The highest BCUT2D eigenvalue weighted by Crippen LogP contribution is 2.62. The fourth-order valence-electron chi connectivity index (χ4n) is 5.58. The third-order valence-electron chi connectivity index (χ3n) is 6.40. The molecule has 0 heterocycles. The van der Waals surface area contributed by atoms with Crippen LogP contribution in [-0.2, 0) is 14.3 Å². The van der Waals surface area contributed by atoms with Crippen LogP contribution in [0.4, 0.5) is 0 Å². The number of hydrogen-bond donors (Lipinski definition) is 3. The Morgan fingerprint density at radius 2 is 1.76 bits per heavy atom. The first-order valence-electron chi connectivity index (χ1n) is 8.83. The first-order chi connectivity index (χ1) is 11.3. The van der Waals surface area contributed by atoms with Crippen LogP contribution in [0, 0.1) is 22.7 Å². The number of aliphatic carboxylic acids is 1. The fourth-order valence-corrected chi connectivity index (χ4v) is 5.58. The van der Waals surface area contributed by atoms with Crippen LogP contribution in [0.3, 0.4) is 0 Å². The van der Waals surface area contributed by atoms with Crippen molar-refractivity contribution in [3.05, 3.63) is 12.2 Å². The SMILES string of the molecule is CC(=O)O[C@H]1[C@@H]2C(C)(C)CCC[C@@]2(C)[C@@H](/C=C/C(=O)O)[C@@](C)(O)[C@H]1O. The van der Waals surface area contributed by atoms with Gasteiger partial charge in [0.05, 0.1) is 5.60 Å². The summed E-state index contributed by atoms with van der Waals surface area (Å²) in [5.41, 5.74) is -2.33. The molecule has 0 unspecified atom stereocenters. The average Bonchev–Trinajstić information content (AvgIpc) is 2.42. The summed E-state index contributed by atoms with van der Waals surface area (Å²) in [7, 11) is 0. The second kappa shape index (κ2) is 6.40. The maximum atomic E-state index is 11.6. The molecule has 0 amide bonds. The Morgan fingerprint density at radius 3 is 2.28 bits per heavy atom. The van der Waals surface area contributed by atoms with Crippen LogP contribution >= 0.6 is 0 Å². The van der Waals surface area contributed by atoms with E-state index in [1.807, 2.05) is 6.92 Å². The van der Waals surface area contributed by atoms with E-state index in [1.165, 1.54) is 19.9 Å². The van der Waals surface area contributed by atoms with Crippen molar-refractivity contribution >= 4 is 11.9 Å². The number of esters is 1. The van der Waals surface area contributed by atoms with Gasteiger partial charge in [0.25, 0.3) is 0 Å². The number of aliphatic hydroxyl groups excluding tert-OH is 1. The van der Waals surface area contributed by atoms with Gasteiger partial charge in [-0.2, -0.15) is 0 Å². The van der Waals surface area contributed by atoms with Gasteiger partial charge in [-0.1, -0.05) is 33.3 Å². The molecular weight excluding hydrogens is 324 g/mol. The molecule has 25 heavy (non-hydrogen) atoms. The van der Waals surface area contributed by atoms with E-state index in [-0.39, 0.29) is 11.3 Å². The minimum absolute atomic E-state index is 0.198. The second-order valence-electron chi connectivity index (χ2n) is 8.75. The summed E-state index contributed by atoms with van der Waals surface area (Å²) >= 11 is 0. The van der Waals surface area contributed by atoms with Crippen molar-refractivity contribution < 1.29 is 29.6 Å². The second-order valence-corrected chi connectivity index (χ2v) is 8.75. The zero-order valence-corrected chi connectivity index (χ0v) is 15.7. The largest absolute Gasteiger partial charge is 0.478 e. The Balaban J connectivity index is 2.61. The number of carboxylic acid groups (broad SMARTS) is 1. The van der Waals surface area contributed by atoms with E-state index < -0.39 is 41.1 Å². The normalized spacial score (nSPS) is 43.5. The molecule has 2 aliphatic carbocycles. The maximum Gasteiger partial charge on any atom is 0.327 e. The van der Waals surface area contributed by atoms with Gasteiger partial charge in [-0.05, 0) is 30.6 Å². The van der Waals surface area contributed by atoms with Crippen LogP contribution < -0.4 is 0 Å². The highest BCUT2D eigenvalue weighted by molar-refractivity contribution is 5.79. The number of aliphatic hydroxyl groups is 2. The summed E-state index contributed by atoms with van der Waals surface area (Å²) in [6.07, 6.45) is 2.99. The van der Waals surface area contributed by atoms with Crippen molar-refractivity contribution in [2.75, 3.05) is 0 Å². The number of carbonyl (C=O) groups excluding carboxylic acids is 1. The molecule has 0 aromatic carbocycles. The maximum absolute atomic E-state index is 11.6. The molecule has 6 atom stereocenters. The van der Waals surface area contributed by atoms with Gasteiger partial charge in [0, 0.05) is 24.8 Å². The Kier molecular flexibility index (Phi) is 5.10. The predicted octanol–water partition coefficient (Wildman–Crippen LogP) is 2.13. The highest BCUT2D eigenvalue weighted by atomic mass is 16.6. The van der Waals surface area contributed by atoms with Crippen LogP contribution in [0.5, 0.6) is 0 Å². The monoisotopic (exact) mass is 354 g/mol. The smallest absolute Gasteiger partial charge is 0.327 e. The van der Waals surface area contributed by atoms with Crippen LogP contribution in [0.2, 0.25) is 0 Å². The Morgan fingerprint density at radius 1 is 1.16 bits per heavy atom. The molecule has 6 nitrogen and oxygen atoms in total. The molecule has 2 saturated carbocycles. The van der Waals surface area contributed by atoms with Gasteiger partial charge in [-0.3, -0.25) is 4.79 Å². The number of ether oxygens (including phenoxy) is 1. The molecule has 2 rings (SSSR count). The molecule has 2 aliphatic rings. The van der Waals surface area contributed by atoms with E-state index in [0.29, 0.717) is 0 Å². The summed E-state index contributed by atoms with van der Waals surface area (Å²) < 4.78 is 5.49. The molecule has 0 bridgehead atoms. The molecular formula is C19H30O6. The third kappa shape index (κ3) is 3.34. The number of fused-ring (bicyclic) bond motifs is 1. The van der Waals surface area contributed by atoms with Crippen LogP contribution in [-0.4, -0.2) is 45.1 Å². The summed E-state index contributed by atoms with van der Waals surface area (Å²) in [6.45, 7) is 8.96. The average molecular weight is 354 g/mol. The fraction of sp³-hybridized carbons (Fsp3) is 0.789. The van der Waals surface area contributed by atoms with E-state index in [0.717, 1.165) is 25.3 Å². The Bertz CT molecular complexity index is 578. The van der Waals surface area contributed by atoms with E-state index in [2.05, 4.69) is 13.8 Å². The zero-order valence-electron chi connectivity index (χ0n) is 15.7. The molecule has 0 radical (unpaired) electrons. The third-order valence-corrected chi connectivity index (χ3v) is 6.40. The number of carbonyl (C=O) groups is 2. The lowest BCUT2D eigenvalue weighted by Gasteiger charge is -2.63. The van der Waals surface area contributed by atoms with E-state index in [4.69, 9.17) is 9.84 Å². The van der Waals surface area contributed by atoms with Gasteiger partial charge in [0.1, 0.15) is 12.2 Å².